The highest BCUT2D eigenvalue weighted by atomic mass is 16.4. The number of carboxylic acid groups (broad SMARTS) is 1. The van der Waals surface area contributed by atoms with E-state index in [1.54, 1.807) is 0 Å². The average Bonchev–Trinajstić information content (AvgIpc) is 2.50. The quantitative estimate of drug-likeness (QED) is 0.696. The van der Waals surface area contributed by atoms with E-state index in [-0.39, 0.29) is 6.04 Å². The van der Waals surface area contributed by atoms with Crippen molar-refractivity contribution < 1.29 is 9.90 Å². The Balaban J connectivity index is 2.57. The first kappa shape index (κ1) is 9.52. The molecule has 1 heterocycles. The SMILES string of the molecule is CCC(C)N1CCC[C@H]1C(=O)O. The van der Waals surface area contributed by atoms with Crippen LogP contribution >= 0.6 is 0 Å². The van der Waals surface area contributed by atoms with Gasteiger partial charge in [0.2, 0.25) is 0 Å². The molecule has 0 spiro atoms. The van der Waals surface area contributed by atoms with Crippen molar-refractivity contribution in [2.24, 2.45) is 0 Å². The van der Waals surface area contributed by atoms with Crippen LogP contribution in [0.25, 0.3) is 0 Å². The summed E-state index contributed by atoms with van der Waals surface area (Å²) in [6, 6.07) is 0.188. The van der Waals surface area contributed by atoms with E-state index in [9.17, 15) is 4.79 Å². The molecule has 1 aliphatic rings. The summed E-state index contributed by atoms with van der Waals surface area (Å²) < 4.78 is 0. The van der Waals surface area contributed by atoms with Gasteiger partial charge in [-0.15, -0.1) is 0 Å². The fourth-order valence-corrected chi connectivity index (χ4v) is 1.82. The monoisotopic (exact) mass is 171 g/mol. The highest BCUT2D eigenvalue weighted by Gasteiger charge is 2.32. The summed E-state index contributed by atoms with van der Waals surface area (Å²) in [4.78, 5) is 12.9. The third-order valence-electron chi connectivity index (χ3n) is 2.74. The van der Waals surface area contributed by atoms with Gasteiger partial charge < -0.3 is 5.11 Å². The molecule has 0 saturated carbocycles. The molecule has 1 fully saturated rings. The highest BCUT2D eigenvalue weighted by Crippen LogP contribution is 2.21. The molecule has 1 aliphatic heterocycles. The van der Waals surface area contributed by atoms with Gasteiger partial charge in [-0.05, 0) is 32.7 Å². The molecule has 1 unspecified atom stereocenters. The summed E-state index contributed by atoms with van der Waals surface area (Å²) in [6.07, 6.45) is 2.88. The van der Waals surface area contributed by atoms with Crippen molar-refractivity contribution in [1.82, 2.24) is 4.90 Å². The Kier molecular flexibility index (Phi) is 3.09. The van der Waals surface area contributed by atoms with E-state index in [4.69, 9.17) is 5.11 Å². The van der Waals surface area contributed by atoms with E-state index in [0.717, 1.165) is 25.8 Å². The Bertz CT molecular complexity index is 170. The molecule has 3 heteroatoms. The van der Waals surface area contributed by atoms with Gasteiger partial charge in [-0.2, -0.15) is 0 Å². The summed E-state index contributed by atoms with van der Waals surface area (Å²) >= 11 is 0. The number of carboxylic acids is 1. The lowest BCUT2D eigenvalue weighted by molar-refractivity contribution is -0.142. The first-order valence-electron chi connectivity index (χ1n) is 4.65. The van der Waals surface area contributed by atoms with Crippen LogP contribution in [0.15, 0.2) is 0 Å². The number of hydrogen-bond donors (Lipinski definition) is 1. The maximum Gasteiger partial charge on any atom is 0.320 e. The van der Waals surface area contributed by atoms with Gasteiger partial charge >= 0.3 is 5.97 Å². The maximum atomic E-state index is 10.8. The van der Waals surface area contributed by atoms with Crippen molar-refractivity contribution in [2.75, 3.05) is 6.54 Å². The van der Waals surface area contributed by atoms with Gasteiger partial charge in [0.05, 0.1) is 0 Å². The second-order valence-corrected chi connectivity index (χ2v) is 3.49. The van der Waals surface area contributed by atoms with E-state index < -0.39 is 5.97 Å². The Hall–Kier alpha value is -0.570. The zero-order valence-corrected chi connectivity index (χ0v) is 7.79. The van der Waals surface area contributed by atoms with Crippen LogP contribution in [0.2, 0.25) is 0 Å². The van der Waals surface area contributed by atoms with Gasteiger partial charge in [-0.3, -0.25) is 9.69 Å². The van der Waals surface area contributed by atoms with Crippen molar-refractivity contribution in [2.45, 2.75) is 45.2 Å². The lowest BCUT2D eigenvalue weighted by atomic mass is 10.2. The number of carbonyl (C=O) groups is 1. The van der Waals surface area contributed by atoms with E-state index in [2.05, 4.69) is 18.7 Å². The molecule has 70 valence electrons. The maximum absolute atomic E-state index is 10.8. The molecule has 3 nitrogen and oxygen atoms in total. The highest BCUT2D eigenvalue weighted by molar-refractivity contribution is 5.73. The molecule has 0 amide bonds. The summed E-state index contributed by atoms with van der Waals surface area (Å²) in [5.41, 5.74) is 0. The minimum atomic E-state index is -0.659. The van der Waals surface area contributed by atoms with Gasteiger partial charge in [-0.1, -0.05) is 6.92 Å². The van der Waals surface area contributed by atoms with Crippen molar-refractivity contribution in [1.29, 1.82) is 0 Å². The smallest absolute Gasteiger partial charge is 0.320 e. The van der Waals surface area contributed by atoms with E-state index in [0.29, 0.717) is 6.04 Å². The fourth-order valence-electron chi connectivity index (χ4n) is 1.82. The van der Waals surface area contributed by atoms with Crippen LogP contribution in [-0.2, 0) is 4.79 Å². The predicted octanol–water partition coefficient (Wildman–Crippen LogP) is 1.33. The lowest BCUT2D eigenvalue weighted by Gasteiger charge is -2.27. The molecule has 12 heavy (non-hydrogen) atoms. The number of aliphatic carboxylic acids is 1. The van der Waals surface area contributed by atoms with Gasteiger partial charge in [0.25, 0.3) is 0 Å². The fraction of sp³-hybridized carbons (Fsp3) is 0.889. The molecular formula is C9H17NO2. The molecule has 0 radical (unpaired) electrons. The van der Waals surface area contributed by atoms with Crippen LogP contribution in [0.4, 0.5) is 0 Å². The van der Waals surface area contributed by atoms with Crippen LogP contribution in [0.1, 0.15) is 33.1 Å². The first-order chi connectivity index (χ1) is 5.66. The predicted molar refractivity (Wildman–Crippen MR) is 47.1 cm³/mol. The average molecular weight is 171 g/mol. The van der Waals surface area contributed by atoms with Gasteiger partial charge in [-0.25, -0.2) is 0 Å². The van der Waals surface area contributed by atoms with E-state index in [1.807, 2.05) is 0 Å². The molecule has 2 atom stereocenters. The van der Waals surface area contributed by atoms with Crippen molar-refractivity contribution in [3.63, 3.8) is 0 Å². The summed E-state index contributed by atoms with van der Waals surface area (Å²) in [5, 5.41) is 8.89. The van der Waals surface area contributed by atoms with Crippen molar-refractivity contribution in [3.8, 4) is 0 Å². The summed E-state index contributed by atoms with van der Waals surface area (Å²) in [6.45, 7) is 5.15. The zero-order chi connectivity index (χ0) is 9.14. The molecule has 0 aromatic heterocycles. The Labute approximate surface area is 73.4 Å². The molecule has 0 bridgehead atoms. The van der Waals surface area contributed by atoms with Gasteiger partial charge in [0, 0.05) is 6.04 Å². The number of hydrogen-bond acceptors (Lipinski definition) is 2. The summed E-state index contributed by atoms with van der Waals surface area (Å²) in [5.74, 6) is -0.659. The molecule has 0 aliphatic carbocycles. The van der Waals surface area contributed by atoms with E-state index in [1.165, 1.54) is 0 Å². The first-order valence-corrected chi connectivity index (χ1v) is 4.65. The topological polar surface area (TPSA) is 40.5 Å². The second-order valence-electron chi connectivity index (χ2n) is 3.49. The molecule has 1 N–H and O–H groups in total. The lowest BCUT2D eigenvalue weighted by Crippen LogP contribution is -2.41. The number of likely N-dealkylation sites (tertiary alicyclic amines) is 1. The summed E-state index contributed by atoms with van der Waals surface area (Å²) in [7, 11) is 0. The Morgan fingerprint density at radius 2 is 2.42 bits per heavy atom. The van der Waals surface area contributed by atoms with Gasteiger partial charge in [0.15, 0.2) is 0 Å². The Morgan fingerprint density at radius 3 is 2.92 bits per heavy atom. The number of nitrogens with zero attached hydrogens (tertiary/aromatic N) is 1. The van der Waals surface area contributed by atoms with Crippen LogP contribution in [0.5, 0.6) is 0 Å². The standard InChI is InChI=1S/C9H17NO2/c1-3-7(2)10-6-4-5-8(10)9(11)12/h7-8H,3-6H2,1-2H3,(H,11,12)/t7?,8-/m0/s1. The van der Waals surface area contributed by atoms with E-state index >= 15 is 0 Å². The molecule has 1 saturated heterocycles. The molecular weight excluding hydrogens is 154 g/mol. The molecule has 0 aromatic rings. The minimum absolute atomic E-state index is 0.222. The normalized spacial score (nSPS) is 27.3. The zero-order valence-electron chi connectivity index (χ0n) is 7.79. The third-order valence-corrected chi connectivity index (χ3v) is 2.74. The van der Waals surface area contributed by atoms with Crippen LogP contribution < -0.4 is 0 Å². The van der Waals surface area contributed by atoms with Crippen LogP contribution in [-0.4, -0.2) is 34.6 Å². The molecule has 1 rings (SSSR count). The van der Waals surface area contributed by atoms with Crippen LogP contribution in [0.3, 0.4) is 0 Å². The minimum Gasteiger partial charge on any atom is -0.480 e. The third kappa shape index (κ3) is 1.78. The van der Waals surface area contributed by atoms with Crippen molar-refractivity contribution >= 4 is 5.97 Å². The Morgan fingerprint density at radius 1 is 1.75 bits per heavy atom. The van der Waals surface area contributed by atoms with Crippen LogP contribution in [0, 0.1) is 0 Å². The van der Waals surface area contributed by atoms with Gasteiger partial charge in [0.1, 0.15) is 6.04 Å². The second kappa shape index (κ2) is 3.90. The largest absolute Gasteiger partial charge is 0.480 e. The molecule has 0 aromatic carbocycles. The number of rotatable bonds is 3. The van der Waals surface area contributed by atoms with Crippen molar-refractivity contribution in [3.05, 3.63) is 0 Å².